The first-order valence-corrected chi connectivity index (χ1v) is 10.0. The molecule has 0 bridgehead atoms. The van der Waals surface area contributed by atoms with Crippen LogP contribution in [0.1, 0.15) is 56.2 Å². The Hall–Kier alpha value is -1.85. The molecule has 0 amide bonds. The van der Waals surface area contributed by atoms with Crippen molar-refractivity contribution in [3.63, 3.8) is 0 Å². The molecular weight excluding hydrogens is 428 g/mol. The Morgan fingerprint density at radius 1 is 0.690 bits per heavy atom. The van der Waals surface area contributed by atoms with Crippen LogP contribution in [0.15, 0.2) is 84.9 Å². The van der Waals surface area contributed by atoms with E-state index in [1.54, 1.807) is 0 Å². The maximum atomic E-state index is 2.89. The third-order valence-electron chi connectivity index (χ3n) is 4.52. The van der Waals surface area contributed by atoms with E-state index in [1.807, 2.05) is 60.7 Å². The predicted molar refractivity (Wildman–Crippen MR) is 123 cm³/mol. The molecule has 0 spiro atoms. The van der Waals surface area contributed by atoms with Crippen molar-refractivity contribution in [3.05, 3.63) is 114 Å². The smallest absolute Gasteiger partial charge is 0.184 e. The second-order valence-electron chi connectivity index (χ2n) is 7.61. The van der Waals surface area contributed by atoms with E-state index in [2.05, 4.69) is 71.0 Å². The van der Waals surface area contributed by atoms with Gasteiger partial charge in [-0.25, -0.2) is 0 Å². The molecule has 0 atom stereocenters. The number of aryl methyl sites for hydroxylation is 1. The van der Waals surface area contributed by atoms with Crippen molar-refractivity contribution in [2.75, 3.05) is 0 Å². The Labute approximate surface area is 196 Å². The predicted octanol–water partition coefficient (Wildman–Crippen LogP) is 8.09. The molecule has 0 fully saturated rings. The molecule has 0 aliphatic carbocycles. The Bertz CT molecular complexity index is 834. The Kier molecular flexibility index (Phi) is 11.6. The van der Waals surface area contributed by atoms with E-state index in [-0.39, 0.29) is 26.2 Å². The van der Waals surface area contributed by atoms with Crippen LogP contribution in [0.5, 0.6) is 0 Å². The maximum absolute atomic E-state index is 2.89. The molecular formula is C28H31Zr. The second kappa shape index (κ2) is 13.4. The number of rotatable bonds is 2. The van der Waals surface area contributed by atoms with E-state index < -0.39 is 0 Å². The fourth-order valence-electron chi connectivity index (χ4n) is 3.02. The Morgan fingerprint density at radius 3 is 1.55 bits per heavy atom. The molecule has 0 saturated carbocycles. The zero-order chi connectivity index (χ0) is 20.4. The van der Waals surface area contributed by atoms with Crippen molar-refractivity contribution in [3.8, 4) is 0 Å². The molecule has 4 aromatic carbocycles. The van der Waals surface area contributed by atoms with E-state index in [4.69, 9.17) is 0 Å². The minimum atomic E-state index is 0. The number of benzene rings is 3. The molecule has 4 rings (SSSR count). The van der Waals surface area contributed by atoms with Gasteiger partial charge < -0.3 is 0 Å². The third-order valence-corrected chi connectivity index (χ3v) is 4.52. The summed E-state index contributed by atoms with van der Waals surface area (Å²) < 4.78 is 0. The van der Waals surface area contributed by atoms with E-state index in [1.165, 1.54) is 27.5 Å². The number of hydrogen-bond donors (Lipinski definition) is 0. The van der Waals surface area contributed by atoms with Crippen LogP contribution >= 0.6 is 0 Å². The molecule has 0 aromatic heterocycles. The molecule has 0 aliphatic rings. The summed E-state index contributed by atoms with van der Waals surface area (Å²) in [6.45, 7) is 11.3. The van der Waals surface area contributed by atoms with Gasteiger partial charge in [0.2, 0.25) is 0 Å². The van der Waals surface area contributed by atoms with E-state index in [9.17, 15) is 0 Å². The van der Waals surface area contributed by atoms with Crippen LogP contribution in [0.2, 0.25) is 0 Å². The average Bonchev–Trinajstić information content (AvgIpc) is 3.10. The van der Waals surface area contributed by atoms with Gasteiger partial charge in [-0.2, -0.15) is 78.9 Å². The summed E-state index contributed by atoms with van der Waals surface area (Å²) in [7, 11) is 0. The van der Waals surface area contributed by atoms with Crippen LogP contribution in [0.25, 0.3) is 10.8 Å². The summed E-state index contributed by atoms with van der Waals surface area (Å²) >= 11 is 0. The van der Waals surface area contributed by atoms with Gasteiger partial charge in [-0.3, -0.25) is 0 Å². The summed E-state index contributed by atoms with van der Waals surface area (Å²) in [6.07, 6.45) is 0. The monoisotopic (exact) mass is 457 g/mol. The molecule has 0 aliphatic heterocycles. The molecule has 29 heavy (non-hydrogen) atoms. The topological polar surface area (TPSA) is 0 Å². The zero-order valence-corrected chi connectivity index (χ0v) is 20.7. The van der Waals surface area contributed by atoms with Crippen LogP contribution in [0, 0.1) is 19.1 Å². The van der Waals surface area contributed by atoms with Crippen molar-refractivity contribution in [1.82, 2.24) is 0 Å². The minimum Gasteiger partial charge on any atom is -0.184 e. The molecule has 0 nitrogen and oxygen atoms in total. The Balaban J connectivity index is 0.000000265. The minimum absolute atomic E-state index is 0. The normalized spacial score (nSPS) is 9.90. The third kappa shape index (κ3) is 8.59. The fraction of sp³-hybridized carbons (Fsp3) is 0.250. The molecule has 0 heterocycles. The summed E-state index contributed by atoms with van der Waals surface area (Å²) in [6, 6.07) is 34.3. The van der Waals surface area contributed by atoms with Gasteiger partial charge in [-0.1, -0.05) is 51.8 Å². The van der Waals surface area contributed by atoms with E-state index in [0.29, 0.717) is 11.8 Å². The number of fused-ring (bicyclic) bond motifs is 1. The fourth-order valence-corrected chi connectivity index (χ4v) is 3.02. The summed E-state index contributed by atoms with van der Waals surface area (Å²) in [5.74, 6) is 1.21. The first-order chi connectivity index (χ1) is 13.5. The molecule has 0 N–H and O–H groups in total. The molecule has 0 saturated heterocycles. The number of hydrogen-bond acceptors (Lipinski definition) is 0. The first-order valence-electron chi connectivity index (χ1n) is 10.0. The van der Waals surface area contributed by atoms with E-state index >= 15 is 0 Å². The van der Waals surface area contributed by atoms with Gasteiger partial charge >= 0.3 is 26.2 Å². The summed E-state index contributed by atoms with van der Waals surface area (Å²) in [4.78, 5) is 0. The molecule has 0 unspecified atom stereocenters. The quantitative estimate of drug-likeness (QED) is 0.266. The molecule has 147 valence electrons. The van der Waals surface area contributed by atoms with Crippen LogP contribution < -0.4 is 0 Å². The van der Waals surface area contributed by atoms with Gasteiger partial charge in [0.15, 0.2) is 0 Å². The van der Waals surface area contributed by atoms with Crippen molar-refractivity contribution in [2.24, 2.45) is 0 Å². The van der Waals surface area contributed by atoms with Crippen molar-refractivity contribution >= 4 is 10.8 Å². The molecule has 1 radical (unpaired) electrons. The standard InChI is InChI=1S/C16H21.2C6H5.Zr/c1-10(2)13-8-14-6-12(5)7-16(14)15(9-13)11(3)4;2*1-2-4-6-5-3-1;/h6-11H,1-5H3;2*1-5H;/q3*-1;+3. The van der Waals surface area contributed by atoms with Crippen LogP contribution in [0.4, 0.5) is 0 Å². The zero-order valence-electron chi connectivity index (χ0n) is 18.2. The van der Waals surface area contributed by atoms with Gasteiger partial charge in [0, 0.05) is 0 Å². The van der Waals surface area contributed by atoms with Crippen molar-refractivity contribution in [2.45, 2.75) is 46.5 Å². The largest absolute Gasteiger partial charge is 3.00 e. The summed E-state index contributed by atoms with van der Waals surface area (Å²) in [5, 5.41) is 2.85. The van der Waals surface area contributed by atoms with Crippen LogP contribution in [-0.2, 0) is 26.2 Å². The van der Waals surface area contributed by atoms with Crippen molar-refractivity contribution < 1.29 is 26.2 Å². The molecule has 4 aromatic rings. The van der Waals surface area contributed by atoms with Crippen LogP contribution in [0.3, 0.4) is 0 Å². The van der Waals surface area contributed by atoms with Gasteiger partial charge in [-0.05, 0) is 11.8 Å². The van der Waals surface area contributed by atoms with Gasteiger partial charge in [-0.15, -0.1) is 28.5 Å². The van der Waals surface area contributed by atoms with E-state index in [0.717, 1.165) is 0 Å². The SMILES string of the molecule is Cc1cc2c(C(C)C)cc(C(C)C)cc2[cH-]1.[Zr+3].[c-]1ccccc1.[c-]1ccccc1. The Morgan fingerprint density at radius 2 is 1.21 bits per heavy atom. The van der Waals surface area contributed by atoms with Gasteiger partial charge in [0.05, 0.1) is 0 Å². The second-order valence-corrected chi connectivity index (χ2v) is 7.61. The molecule has 1 heteroatoms. The van der Waals surface area contributed by atoms with Gasteiger partial charge in [0.1, 0.15) is 0 Å². The van der Waals surface area contributed by atoms with Gasteiger partial charge in [0.25, 0.3) is 0 Å². The average molecular weight is 459 g/mol. The van der Waals surface area contributed by atoms with Crippen LogP contribution in [-0.4, -0.2) is 0 Å². The summed E-state index contributed by atoms with van der Waals surface area (Å²) in [5.41, 5.74) is 4.33. The maximum Gasteiger partial charge on any atom is 3.00 e. The van der Waals surface area contributed by atoms with Crippen molar-refractivity contribution in [1.29, 1.82) is 0 Å². The first kappa shape index (κ1) is 25.2.